The lowest BCUT2D eigenvalue weighted by Gasteiger charge is -2.60. The number of fused-ring (bicyclic) bond motifs is 1. The summed E-state index contributed by atoms with van der Waals surface area (Å²) in [6.45, 7) is 9.50. The Labute approximate surface area is 138 Å². The van der Waals surface area contributed by atoms with Crippen molar-refractivity contribution in [2.24, 2.45) is 11.3 Å². The molecule has 1 saturated heterocycles. The molecule has 3 heteroatoms. The maximum atomic E-state index is 10.9. The van der Waals surface area contributed by atoms with Crippen molar-refractivity contribution in [1.29, 1.82) is 0 Å². The summed E-state index contributed by atoms with van der Waals surface area (Å²) < 4.78 is 6.19. The molecule has 0 aromatic heterocycles. The molecule has 4 aliphatic rings. The van der Waals surface area contributed by atoms with Gasteiger partial charge < -0.3 is 14.9 Å². The highest BCUT2D eigenvalue weighted by Crippen LogP contribution is 2.65. The highest BCUT2D eigenvalue weighted by Gasteiger charge is 2.59. The van der Waals surface area contributed by atoms with Crippen LogP contribution < -0.4 is 0 Å². The maximum absolute atomic E-state index is 10.9. The molecule has 0 radical (unpaired) electrons. The first kappa shape index (κ1) is 15.3. The zero-order valence-corrected chi connectivity index (χ0v) is 14.6. The molecule has 2 aliphatic heterocycles. The third-order valence-corrected chi connectivity index (χ3v) is 6.85. The van der Waals surface area contributed by atoms with Crippen LogP contribution in [0.15, 0.2) is 6.07 Å². The van der Waals surface area contributed by atoms with Gasteiger partial charge in [0.05, 0.1) is 12.7 Å². The molecule has 5 rings (SSSR count). The van der Waals surface area contributed by atoms with Crippen LogP contribution in [0.2, 0.25) is 0 Å². The number of aromatic hydroxyl groups is 2. The van der Waals surface area contributed by atoms with Gasteiger partial charge in [-0.1, -0.05) is 34.1 Å². The van der Waals surface area contributed by atoms with E-state index in [2.05, 4.69) is 19.9 Å². The van der Waals surface area contributed by atoms with Gasteiger partial charge in [0.25, 0.3) is 0 Å². The van der Waals surface area contributed by atoms with Gasteiger partial charge in [0.15, 0.2) is 11.5 Å². The summed E-state index contributed by atoms with van der Waals surface area (Å²) in [6.07, 6.45) is 4.55. The second-order valence-corrected chi connectivity index (χ2v) is 8.87. The highest BCUT2D eigenvalue weighted by molar-refractivity contribution is 5.61. The number of hydrogen-bond donors (Lipinski definition) is 2. The van der Waals surface area contributed by atoms with Gasteiger partial charge in [0.2, 0.25) is 0 Å². The molecule has 2 heterocycles. The molecule has 23 heavy (non-hydrogen) atoms. The van der Waals surface area contributed by atoms with E-state index in [0.29, 0.717) is 12.5 Å². The Kier molecular flexibility index (Phi) is 3.10. The van der Waals surface area contributed by atoms with E-state index in [1.165, 1.54) is 6.42 Å². The Balaban J connectivity index is 1.97. The molecule has 2 fully saturated rings. The lowest BCUT2D eigenvalue weighted by atomic mass is 9.48. The maximum Gasteiger partial charge on any atom is 0.162 e. The number of ether oxygens (including phenoxy) is 1. The Hall–Kier alpha value is -1.22. The van der Waals surface area contributed by atoms with Crippen LogP contribution in [0.25, 0.3) is 0 Å². The van der Waals surface area contributed by atoms with E-state index in [1.807, 2.05) is 13.8 Å². The van der Waals surface area contributed by atoms with Crippen molar-refractivity contribution in [3.8, 4) is 11.5 Å². The monoisotopic (exact) mass is 316 g/mol. The number of phenols is 2. The van der Waals surface area contributed by atoms with Crippen LogP contribution in [0.3, 0.4) is 0 Å². The van der Waals surface area contributed by atoms with Gasteiger partial charge in [0, 0.05) is 16.5 Å². The fraction of sp³-hybridized carbons (Fsp3) is 0.700. The van der Waals surface area contributed by atoms with Crippen molar-refractivity contribution in [3.63, 3.8) is 0 Å². The van der Waals surface area contributed by atoms with Crippen LogP contribution in [0.4, 0.5) is 0 Å². The van der Waals surface area contributed by atoms with Gasteiger partial charge in [-0.15, -0.1) is 0 Å². The van der Waals surface area contributed by atoms with E-state index in [-0.39, 0.29) is 34.4 Å². The minimum atomic E-state index is -0.122. The summed E-state index contributed by atoms with van der Waals surface area (Å²) in [4.78, 5) is 0. The van der Waals surface area contributed by atoms with Crippen molar-refractivity contribution < 1.29 is 14.9 Å². The predicted octanol–water partition coefficient (Wildman–Crippen LogP) is 4.76. The van der Waals surface area contributed by atoms with Crippen LogP contribution in [0.5, 0.6) is 11.5 Å². The minimum absolute atomic E-state index is 0.0678. The largest absolute Gasteiger partial charge is 0.504 e. The van der Waals surface area contributed by atoms with E-state index in [9.17, 15) is 10.2 Å². The Bertz CT molecular complexity index is 661. The first-order chi connectivity index (χ1) is 10.8. The van der Waals surface area contributed by atoms with Gasteiger partial charge in [-0.05, 0) is 48.1 Å². The molecule has 2 bridgehead atoms. The van der Waals surface area contributed by atoms with Crippen molar-refractivity contribution in [1.82, 2.24) is 0 Å². The van der Waals surface area contributed by atoms with Crippen LogP contribution in [0, 0.1) is 11.3 Å². The van der Waals surface area contributed by atoms with E-state index < -0.39 is 0 Å². The summed E-state index contributed by atoms with van der Waals surface area (Å²) in [5, 5.41) is 21.5. The Morgan fingerprint density at radius 2 is 1.91 bits per heavy atom. The molecular weight excluding hydrogens is 288 g/mol. The van der Waals surface area contributed by atoms with Gasteiger partial charge in [-0.25, -0.2) is 0 Å². The molecule has 3 nitrogen and oxygen atoms in total. The fourth-order valence-corrected chi connectivity index (χ4v) is 5.71. The van der Waals surface area contributed by atoms with Gasteiger partial charge in [-0.2, -0.15) is 0 Å². The van der Waals surface area contributed by atoms with E-state index in [4.69, 9.17) is 4.74 Å². The third kappa shape index (κ3) is 1.86. The SMILES string of the molecule is CC(C)c1cc2c(c(O)c1O)[C@@]13CCCC(C)(C)[C@@H]1C[C@H]2OC3. The topological polar surface area (TPSA) is 49.7 Å². The molecule has 0 unspecified atom stereocenters. The van der Waals surface area contributed by atoms with Crippen LogP contribution in [-0.2, 0) is 10.2 Å². The quantitative estimate of drug-likeness (QED) is 0.734. The molecular formula is C20H28O3. The first-order valence-corrected chi connectivity index (χ1v) is 8.99. The van der Waals surface area contributed by atoms with Crippen molar-refractivity contribution in [3.05, 3.63) is 22.8 Å². The second kappa shape index (κ2) is 4.66. The van der Waals surface area contributed by atoms with E-state index >= 15 is 0 Å². The Morgan fingerprint density at radius 1 is 1.17 bits per heavy atom. The molecule has 0 amide bonds. The zero-order chi connectivity index (χ0) is 16.6. The molecule has 2 N–H and O–H groups in total. The molecule has 3 atom stereocenters. The average molecular weight is 316 g/mol. The van der Waals surface area contributed by atoms with Gasteiger partial charge in [-0.3, -0.25) is 0 Å². The summed E-state index contributed by atoms with van der Waals surface area (Å²) >= 11 is 0. The third-order valence-electron chi connectivity index (χ3n) is 6.85. The second-order valence-electron chi connectivity index (χ2n) is 8.87. The zero-order valence-electron chi connectivity index (χ0n) is 14.6. The number of rotatable bonds is 1. The highest BCUT2D eigenvalue weighted by atomic mass is 16.5. The lowest BCUT2D eigenvalue weighted by molar-refractivity contribution is -0.137. The van der Waals surface area contributed by atoms with E-state index in [1.54, 1.807) is 0 Å². The Morgan fingerprint density at radius 3 is 2.61 bits per heavy atom. The van der Waals surface area contributed by atoms with Crippen molar-refractivity contribution in [2.45, 2.75) is 70.8 Å². The first-order valence-electron chi connectivity index (χ1n) is 8.99. The number of phenolic OH excluding ortho intramolecular Hbond substituents is 2. The van der Waals surface area contributed by atoms with Crippen molar-refractivity contribution >= 4 is 0 Å². The predicted molar refractivity (Wildman–Crippen MR) is 90.0 cm³/mol. The lowest BCUT2D eigenvalue weighted by Crippen LogP contribution is -2.56. The van der Waals surface area contributed by atoms with E-state index in [0.717, 1.165) is 36.0 Å². The van der Waals surface area contributed by atoms with Gasteiger partial charge >= 0.3 is 0 Å². The number of hydrogen-bond acceptors (Lipinski definition) is 3. The molecule has 1 saturated carbocycles. The summed E-state index contributed by atoms with van der Waals surface area (Å²) in [7, 11) is 0. The van der Waals surface area contributed by atoms with Crippen LogP contribution >= 0.6 is 0 Å². The normalized spacial score (nSPS) is 34.3. The molecule has 1 aromatic carbocycles. The summed E-state index contributed by atoms with van der Waals surface area (Å²) in [6, 6.07) is 2.10. The standard InChI is InChI=1S/C20H28O3/c1-11(2)12-8-13-14-9-15-19(3,4)6-5-7-20(15,10-23-14)16(13)18(22)17(12)21/h8,11,14-15,21-22H,5-7,9-10H2,1-4H3/t14-,15+,20-/m1/s1. The summed E-state index contributed by atoms with van der Waals surface area (Å²) in [5.41, 5.74) is 3.10. The fourth-order valence-electron chi connectivity index (χ4n) is 5.71. The van der Waals surface area contributed by atoms with Crippen molar-refractivity contribution in [2.75, 3.05) is 6.61 Å². The smallest absolute Gasteiger partial charge is 0.162 e. The molecule has 2 aliphatic carbocycles. The molecule has 1 aromatic rings. The van der Waals surface area contributed by atoms with Crippen LogP contribution in [0.1, 0.15) is 82.1 Å². The average Bonchev–Trinajstić information content (AvgIpc) is 2.49. The molecule has 1 spiro atoms. The van der Waals surface area contributed by atoms with Gasteiger partial charge in [0.1, 0.15) is 0 Å². The summed E-state index contributed by atoms with van der Waals surface area (Å²) in [5.74, 6) is 0.914. The number of benzene rings is 1. The van der Waals surface area contributed by atoms with Crippen LogP contribution in [-0.4, -0.2) is 16.8 Å². The molecule has 126 valence electrons. The minimum Gasteiger partial charge on any atom is -0.504 e.